The van der Waals surface area contributed by atoms with Crippen LogP contribution in [-0.4, -0.2) is 28.5 Å². The van der Waals surface area contributed by atoms with Gasteiger partial charge in [-0.3, -0.25) is 4.79 Å². The van der Waals surface area contributed by atoms with Crippen molar-refractivity contribution in [1.29, 1.82) is 0 Å². The Morgan fingerprint density at radius 2 is 1.86 bits per heavy atom. The second kappa shape index (κ2) is 7.42. The fraction of sp³-hybridized carbons (Fsp3) is 0.400. The number of carboxylic acids is 1. The second-order valence-electron chi connectivity index (χ2n) is 4.89. The average molecular weight is 293 g/mol. The number of carbonyl (C=O) groups is 3. The molecule has 6 nitrogen and oxygen atoms in total. The molecule has 1 rings (SSSR count). The van der Waals surface area contributed by atoms with E-state index in [4.69, 9.17) is 4.74 Å². The smallest absolute Gasteiger partial charge is 0.408 e. The molecule has 1 amide bonds. The summed E-state index contributed by atoms with van der Waals surface area (Å²) in [5.41, 5.74) is -0.879. The van der Waals surface area contributed by atoms with Crippen molar-refractivity contribution in [2.45, 2.75) is 38.8 Å². The van der Waals surface area contributed by atoms with E-state index in [-0.39, 0.29) is 25.2 Å². The molecule has 0 aliphatic carbocycles. The first-order valence-electron chi connectivity index (χ1n) is 6.61. The number of hydrogen-bond acceptors (Lipinski definition) is 4. The molecule has 0 aliphatic heterocycles. The lowest BCUT2D eigenvalue weighted by molar-refractivity contribution is -0.146. The standard InChI is InChI=1S/C15H19NO5/c1-3-12(17)9-15(2,13(18)19)16-14(20)21-10-11-7-5-4-6-8-11/h4-8H,3,9-10H2,1-2H3,(H,16,20)(H,18,19)/t15-/m0/s1. The van der Waals surface area contributed by atoms with Crippen LogP contribution < -0.4 is 5.32 Å². The molecule has 0 aliphatic rings. The Morgan fingerprint density at radius 3 is 2.38 bits per heavy atom. The van der Waals surface area contributed by atoms with Gasteiger partial charge in [0.1, 0.15) is 17.9 Å². The Bertz CT molecular complexity index is 514. The topological polar surface area (TPSA) is 92.7 Å². The minimum Gasteiger partial charge on any atom is -0.480 e. The van der Waals surface area contributed by atoms with Gasteiger partial charge >= 0.3 is 12.1 Å². The van der Waals surface area contributed by atoms with Crippen LogP contribution in [0.2, 0.25) is 0 Å². The van der Waals surface area contributed by atoms with Crippen molar-refractivity contribution in [3.8, 4) is 0 Å². The number of benzene rings is 1. The quantitative estimate of drug-likeness (QED) is 0.803. The van der Waals surface area contributed by atoms with Crippen LogP contribution in [0.4, 0.5) is 4.79 Å². The van der Waals surface area contributed by atoms with Crippen molar-refractivity contribution in [3.05, 3.63) is 35.9 Å². The normalized spacial score (nSPS) is 13.0. The first-order valence-corrected chi connectivity index (χ1v) is 6.61. The molecule has 1 aromatic rings. The Morgan fingerprint density at radius 1 is 1.24 bits per heavy atom. The van der Waals surface area contributed by atoms with E-state index in [2.05, 4.69) is 5.32 Å². The summed E-state index contributed by atoms with van der Waals surface area (Å²) in [6.45, 7) is 2.95. The molecule has 0 bridgehead atoms. The van der Waals surface area contributed by atoms with Gasteiger partial charge in [0.2, 0.25) is 0 Å². The fourth-order valence-corrected chi connectivity index (χ4v) is 1.68. The van der Waals surface area contributed by atoms with Crippen LogP contribution in [0.25, 0.3) is 0 Å². The van der Waals surface area contributed by atoms with Gasteiger partial charge in [-0.25, -0.2) is 9.59 Å². The maximum atomic E-state index is 11.7. The first-order chi connectivity index (χ1) is 9.87. The van der Waals surface area contributed by atoms with Gasteiger partial charge in [0.05, 0.1) is 0 Å². The summed E-state index contributed by atoms with van der Waals surface area (Å²) in [7, 11) is 0. The van der Waals surface area contributed by atoms with Crippen molar-refractivity contribution in [3.63, 3.8) is 0 Å². The van der Waals surface area contributed by atoms with Crippen LogP contribution in [0, 0.1) is 0 Å². The number of amides is 1. The molecule has 0 spiro atoms. The number of aliphatic carboxylic acids is 1. The lowest BCUT2D eigenvalue weighted by Gasteiger charge is -2.24. The molecule has 6 heteroatoms. The molecule has 0 unspecified atom stereocenters. The highest BCUT2D eigenvalue weighted by Gasteiger charge is 2.37. The molecule has 0 radical (unpaired) electrons. The molecule has 1 aromatic carbocycles. The van der Waals surface area contributed by atoms with Crippen molar-refractivity contribution in [2.75, 3.05) is 0 Å². The minimum atomic E-state index is -1.67. The highest BCUT2D eigenvalue weighted by Crippen LogP contribution is 2.13. The predicted octanol–water partition coefficient (Wildman–Crippen LogP) is 2.13. The van der Waals surface area contributed by atoms with E-state index in [1.807, 2.05) is 6.07 Å². The molecule has 2 N–H and O–H groups in total. The number of ether oxygens (including phenoxy) is 1. The Balaban J connectivity index is 2.60. The van der Waals surface area contributed by atoms with Gasteiger partial charge in [0.15, 0.2) is 0 Å². The molecule has 21 heavy (non-hydrogen) atoms. The number of carbonyl (C=O) groups excluding carboxylic acids is 2. The largest absolute Gasteiger partial charge is 0.480 e. The maximum Gasteiger partial charge on any atom is 0.408 e. The maximum absolute atomic E-state index is 11.7. The zero-order chi connectivity index (χ0) is 15.9. The van der Waals surface area contributed by atoms with Crippen LogP contribution >= 0.6 is 0 Å². The third-order valence-corrected chi connectivity index (χ3v) is 3.01. The van der Waals surface area contributed by atoms with Gasteiger partial charge < -0.3 is 15.2 Å². The Labute approximate surface area is 123 Å². The van der Waals surface area contributed by atoms with Gasteiger partial charge in [0, 0.05) is 12.8 Å². The van der Waals surface area contributed by atoms with Crippen LogP contribution in [-0.2, 0) is 20.9 Å². The molecule has 0 heterocycles. The van der Waals surface area contributed by atoms with Crippen LogP contribution in [0.1, 0.15) is 32.3 Å². The van der Waals surface area contributed by atoms with Crippen molar-refractivity contribution in [1.82, 2.24) is 5.32 Å². The molecule has 0 aromatic heterocycles. The van der Waals surface area contributed by atoms with Crippen molar-refractivity contribution < 1.29 is 24.2 Å². The number of carboxylic acid groups (broad SMARTS) is 1. The van der Waals surface area contributed by atoms with Crippen LogP contribution in [0.3, 0.4) is 0 Å². The number of nitrogens with one attached hydrogen (secondary N) is 1. The summed E-state index contributed by atoms with van der Waals surface area (Å²) in [6.07, 6.45) is -0.934. The minimum absolute atomic E-state index is 0.0318. The average Bonchev–Trinajstić information content (AvgIpc) is 2.45. The zero-order valence-corrected chi connectivity index (χ0v) is 12.1. The van der Waals surface area contributed by atoms with Crippen molar-refractivity contribution >= 4 is 17.8 Å². The fourth-order valence-electron chi connectivity index (χ4n) is 1.68. The summed E-state index contributed by atoms with van der Waals surface area (Å²) < 4.78 is 4.96. The monoisotopic (exact) mass is 293 g/mol. The Kier molecular flexibility index (Phi) is 5.90. The summed E-state index contributed by atoms with van der Waals surface area (Å²) in [5.74, 6) is -1.52. The van der Waals surface area contributed by atoms with E-state index in [9.17, 15) is 19.5 Å². The van der Waals surface area contributed by atoms with E-state index in [1.54, 1.807) is 31.2 Å². The molecule has 0 saturated carbocycles. The van der Waals surface area contributed by atoms with E-state index in [1.165, 1.54) is 6.92 Å². The van der Waals surface area contributed by atoms with Crippen molar-refractivity contribution in [2.24, 2.45) is 0 Å². The molecule has 0 fully saturated rings. The number of hydrogen-bond donors (Lipinski definition) is 2. The number of alkyl carbamates (subject to hydrolysis) is 1. The van der Waals surface area contributed by atoms with Gasteiger partial charge in [-0.1, -0.05) is 37.3 Å². The number of ketones is 1. The SMILES string of the molecule is CCC(=O)C[C@](C)(NC(=O)OCc1ccccc1)C(=O)O. The van der Waals surface area contributed by atoms with Crippen LogP contribution in [0.5, 0.6) is 0 Å². The summed E-state index contributed by atoms with van der Waals surface area (Å²) in [6, 6.07) is 9.01. The van der Waals surface area contributed by atoms with Crippen LogP contribution in [0.15, 0.2) is 30.3 Å². The van der Waals surface area contributed by atoms with E-state index in [0.717, 1.165) is 5.56 Å². The molecule has 114 valence electrons. The summed E-state index contributed by atoms with van der Waals surface area (Å²) >= 11 is 0. The summed E-state index contributed by atoms with van der Waals surface area (Å²) in [4.78, 5) is 34.4. The van der Waals surface area contributed by atoms with Gasteiger partial charge in [-0.2, -0.15) is 0 Å². The highest BCUT2D eigenvalue weighted by atomic mass is 16.5. The first kappa shape index (κ1) is 16.7. The predicted molar refractivity (Wildman–Crippen MR) is 75.7 cm³/mol. The second-order valence-corrected chi connectivity index (χ2v) is 4.89. The molecule has 0 saturated heterocycles. The van der Waals surface area contributed by atoms with Gasteiger partial charge in [-0.05, 0) is 12.5 Å². The zero-order valence-electron chi connectivity index (χ0n) is 12.1. The lowest BCUT2D eigenvalue weighted by atomic mass is 9.94. The van der Waals surface area contributed by atoms with Gasteiger partial charge in [0.25, 0.3) is 0 Å². The van der Waals surface area contributed by atoms with Gasteiger partial charge in [-0.15, -0.1) is 0 Å². The molecule has 1 atom stereocenters. The molecular weight excluding hydrogens is 274 g/mol. The van der Waals surface area contributed by atoms with E-state index in [0.29, 0.717) is 0 Å². The third kappa shape index (κ3) is 5.25. The third-order valence-electron chi connectivity index (χ3n) is 3.01. The highest BCUT2D eigenvalue weighted by molar-refractivity contribution is 5.91. The lowest BCUT2D eigenvalue weighted by Crippen LogP contribution is -2.53. The number of Topliss-reactive ketones (excluding diaryl/α,β-unsaturated/α-hetero) is 1. The van der Waals surface area contributed by atoms with E-state index < -0.39 is 17.6 Å². The Hall–Kier alpha value is -2.37. The van der Waals surface area contributed by atoms with E-state index >= 15 is 0 Å². The number of rotatable bonds is 7. The molecular formula is C15H19NO5. The summed E-state index contributed by atoms with van der Waals surface area (Å²) in [5, 5.41) is 11.4.